The molecule has 1 unspecified atom stereocenters. The van der Waals surface area contributed by atoms with Crippen LogP contribution in [0.25, 0.3) is 0 Å². The Balaban J connectivity index is 1.87. The van der Waals surface area contributed by atoms with E-state index >= 15 is 0 Å². The van der Waals surface area contributed by atoms with E-state index in [4.69, 9.17) is 4.74 Å². The molecular weight excluding hydrogens is 268 g/mol. The zero-order chi connectivity index (χ0) is 15.4. The number of nitrogens with one attached hydrogen (secondary N) is 2. The van der Waals surface area contributed by atoms with Gasteiger partial charge in [0, 0.05) is 13.0 Å². The molecule has 21 heavy (non-hydrogen) atoms. The topological polar surface area (TPSA) is 67.4 Å². The lowest BCUT2D eigenvalue weighted by molar-refractivity contribution is -0.125. The zero-order valence-corrected chi connectivity index (χ0v) is 12.8. The van der Waals surface area contributed by atoms with Crippen LogP contribution in [-0.4, -0.2) is 31.5 Å². The van der Waals surface area contributed by atoms with Crippen LogP contribution < -0.4 is 15.4 Å². The van der Waals surface area contributed by atoms with E-state index in [0.29, 0.717) is 19.4 Å². The minimum atomic E-state index is -0.365. The number of ether oxygens (including phenoxy) is 1. The van der Waals surface area contributed by atoms with E-state index in [1.165, 1.54) is 5.56 Å². The lowest BCUT2D eigenvalue weighted by atomic mass is 10.0. The number of hydrogen-bond acceptors (Lipinski definition) is 3. The van der Waals surface area contributed by atoms with Gasteiger partial charge in [-0.3, -0.25) is 9.59 Å². The Hall–Kier alpha value is -2.04. The molecule has 0 radical (unpaired) electrons. The first-order valence-corrected chi connectivity index (χ1v) is 7.22. The molecule has 1 atom stereocenters. The average Bonchev–Trinajstić information content (AvgIpc) is 2.88. The van der Waals surface area contributed by atoms with Gasteiger partial charge < -0.3 is 15.4 Å². The van der Waals surface area contributed by atoms with E-state index < -0.39 is 0 Å². The number of benzene rings is 1. The Morgan fingerprint density at radius 2 is 2.14 bits per heavy atom. The molecule has 1 heterocycles. The Kier molecular flexibility index (Phi) is 4.83. The molecule has 1 aromatic carbocycles. The van der Waals surface area contributed by atoms with Crippen molar-refractivity contribution in [2.45, 2.75) is 39.2 Å². The number of amides is 2. The zero-order valence-electron chi connectivity index (χ0n) is 12.8. The van der Waals surface area contributed by atoms with E-state index in [1.54, 1.807) is 7.11 Å². The van der Waals surface area contributed by atoms with Crippen molar-refractivity contribution in [2.24, 2.45) is 0 Å². The van der Waals surface area contributed by atoms with Crippen molar-refractivity contribution in [1.29, 1.82) is 0 Å². The summed E-state index contributed by atoms with van der Waals surface area (Å²) in [5.74, 6) is 0.745. The molecule has 0 aliphatic carbocycles. The van der Waals surface area contributed by atoms with Crippen LogP contribution in [-0.2, 0) is 16.0 Å². The Bertz CT molecular complexity index is 555. The van der Waals surface area contributed by atoms with E-state index in [2.05, 4.69) is 16.7 Å². The summed E-state index contributed by atoms with van der Waals surface area (Å²) in [6.07, 6.45) is 1.79. The molecule has 5 nitrogen and oxygen atoms in total. The Labute approximate surface area is 125 Å². The van der Waals surface area contributed by atoms with Crippen LogP contribution in [0.5, 0.6) is 5.75 Å². The summed E-state index contributed by atoms with van der Waals surface area (Å²) in [6, 6.07) is 3.75. The summed E-state index contributed by atoms with van der Waals surface area (Å²) in [5, 5.41) is 5.55. The van der Waals surface area contributed by atoms with Crippen molar-refractivity contribution in [3.8, 4) is 5.75 Å². The molecule has 0 saturated carbocycles. The van der Waals surface area contributed by atoms with Gasteiger partial charge in [-0.15, -0.1) is 0 Å². The highest BCUT2D eigenvalue weighted by Crippen LogP contribution is 2.22. The van der Waals surface area contributed by atoms with Gasteiger partial charge in [-0.25, -0.2) is 0 Å². The fourth-order valence-electron chi connectivity index (χ4n) is 2.59. The second-order valence-electron chi connectivity index (χ2n) is 5.45. The highest BCUT2D eigenvalue weighted by Gasteiger charge is 2.26. The third-order valence-electron chi connectivity index (χ3n) is 3.86. The largest absolute Gasteiger partial charge is 0.496 e. The maximum absolute atomic E-state index is 11.9. The van der Waals surface area contributed by atoms with Crippen LogP contribution in [0.15, 0.2) is 12.1 Å². The predicted octanol–water partition coefficient (Wildman–Crippen LogP) is 1.25. The molecule has 114 valence electrons. The van der Waals surface area contributed by atoms with Crippen molar-refractivity contribution in [1.82, 2.24) is 10.6 Å². The monoisotopic (exact) mass is 290 g/mol. The molecule has 1 aliphatic rings. The minimum Gasteiger partial charge on any atom is -0.496 e. The van der Waals surface area contributed by atoms with E-state index in [9.17, 15) is 9.59 Å². The van der Waals surface area contributed by atoms with Gasteiger partial charge in [0.25, 0.3) is 0 Å². The summed E-state index contributed by atoms with van der Waals surface area (Å²) in [7, 11) is 1.66. The molecule has 1 aliphatic heterocycles. The quantitative estimate of drug-likeness (QED) is 0.857. The van der Waals surface area contributed by atoms with E-state index in [1.807, 2.05) is 19.9 Å². The van der Waals surface area contributed by atoms with Crippen LogP contribution >= 0.6 is 0 Å². The fraction of sp³-hybridized carbons (Fsp3) is 0.500. The maximum atomic E-state index is 11.9. The summed E-state index contributed by atoms with van der Waals surface area (Å²) < 4.78 is 5.29. The van der Waals surface area contributed by atoms with Crippen LogP contribution in [0, 0.1) is 13.8 Å². The van der Waals surface area contributed by atoms with Gasteiger partial charge in [0.05, 0.1) is 7.11 Å². The van der Waals surface area contributed by atoms with E-state index in [0.717, 1.165) is 23.3 Å². The van der Waals surface area contributed by atoms with Crippen LogP contribution in [0.2, 0.25) is 0 Å². The lowest BCUT2D eigenvalue weighted by Gasteiger charge is -2.13. The van der Waals surface area contributed by atoms with Crippen molar-refractivity contribution >= 4 is 11.8 Å². The normalized spacial score (nSPS) is 17.5. The smallest absolute Gasteiger partial charge is 0.242 e. The van der Waals surface area contributed by atoms with Gasteiger partial charge in [-0.1, -0.05) is 6.07 Å². The number of carbonyl (C=O) groups is 2. The first-order chi connectivity index (χ1) is 10.0. The van der Waals surface area contributed by atoms with Gasteiger partial charge in [0.2, 0.25) is 11.8 Å². The van der Waals surface area contributed by atoms with Gasteiger partial charge in [0.15, 0.2) is 0 Å². The second-order valence-corrected chi connectivity index (χ2v) is 5.45. The van der Waals surface area contributed by atoms with Crippen molar-refractivity contribution in [3.05, 3.63) is 28.8 Å². The first-order valence-electron chi connectivity index (χ1n) is 7.22. The van der Waals surface area contributed by atoms with Gasteiger partial charge in [-0.05, 0) is 49.4 Å². The summed E-state index contributed by atoms with van der Waals surface area (Å²) in [6.45, 7) is 4.61. The molecule has 2 N–H and O–H groups in total. The number of methoxy groups -OCH3 is 1. The van der Waals surface area contributed by atoms with Gasteiger partial charge >= 0.3 is 0 Å². The molecule has 5 heteroatoms. The number of rotatable bonds is 5. The molecule has 1 fully saturated rings. The number of aryl methyl sites for hydroxylation is 2. The van der Waals surface area contributed by atoms with Crippen molar-refractivity contribution < 1.29 is 14.3 Å². The van der Waals surface area contributed by atoms with Crippen LogP contribution in [0.1, 0.15) is 29.5 Å². The summed E-state index contributed by atoms with van der Waals surface area (Å²) in [4.78, 5) is 23.0. The minimum absolute atomic E-state index is 0.0447. The highest BCUT2D eigenvalue weighted by molar-refractivity contribution is 5.90. The van der Waals surface area contributed by atoms with Crippen LogP contribution in [0.3, 0.4) is 0 Å². The SMILES string of the molecule is COc1cc(C)c(CCNC(=O)C2CCC(=O)N2)cc1C. The summed E-state index contributed by atoms with van der Waals surface area (Å²) >= 11 is 0. The molecule has 1 aromatic rings. The molecule has 2 rings (SSSR count). The predicted molar refractivity (Wildman–Crippen MR) is 80.3 cm³/mol. The molecule has 0 bridgehead atoms. The van der Waals surface area contributed by atoms with Gasteiger partial charge in [-0.2, -0.15) is 0 Å². The third-order valence-corrected chi connectivity index (χ3v) is 3.86. The standard InChI is InChI=1S/C16H22N2O3/c1-10-9-14(21-3)11(2)8-12(10)6-7-17-16(20)13-4-5-15(19)18-13/h8-9,13H,4-7H2,1-3H3,(H,17,20)(H,18,19). The average molecular weight is 290 g/mol. The third kappa shape index (κ3) is 3.74. The van der Waals surface area contributed by atoms with E-state index in [-0.39, 0.29) is 17.9 Å². The van der Waals surface area contributed by atoms with Crippen LogP contribution in [0.4, 0.5) is 0 Å². The molecular formula is C16H22N2O3. The fourth-order valence-corrected chi connectivity index (χ4v) is 2.59. The summed E-state index contributed by atoms with van der Waals surface area (Å²) in [5.41, 5.74) is 3.44. The maximum Gasteiger partial charge on any atom is 0.242 e. The molecule has 0 aromatic heterocycles. The first kappa shape index (κ1) is 15.4. The lowest BCUT2D eigenvalue weighted by Crippen LogP contribution is -2.42. The Morgan fingerprint density at radius 3 is 2.76 bits per heavy atom. The molecule has 2 amide bonds. The molecule has 1 saturated heterocycles. The highest BCUT2D eigenvalue weighted by atomic mass is 16.5. The van der Waals surface area contributed by atoms with Gasteiger partial charge in [0.1, 0.15) is 11.8 Å². The molecule has 0 spiro atoms. The second kappa shape index (κ2) is 6.61. The number of hydrogen-bond donors (Lipinski definition) is 2. The number of carbonyl (C=O) groups excluding carboxylic acids is 2. The Morgan fingerprint density at radius 1 is 1.38 bits per heavy atom. The van der Waals surface area contributed by atoms with Crippen molar-refractivity contribution in [2.75, 3.05) is 13.7 Å². The van der Waals surface area contributed by atoms with Crippen molar-refractivity contribution in [3.63, 3.8) is 0 Å².